The molecular weight excluding hydrogens is 130 g/mol. The van der Waals surface area contributed by atoms with Gasteiger partial charge in [0.1, 0.15) is 0 Å². The fourth-order valence-corrected chi connectivity index (χ4v) is 0. The molecule has 4 N–H and O–H groups in total. The average Bonchev–Trinajstić information content (AvgIpc) is 0.722. The highest BCUT2D eigenvalue weighted by molar-refractivity contribution is 7.52. The normalized spacial score (nSPS) is 10.0. The van der Waals surface area contributed by atoms with Crippen LogP contribution in [0.3, 0.4) is 0 Å². The zero-order chi connectivity index (χ0) is 4.50. The van der Waals surface area contributed by atoms with Crippen LogP contribution in [0.5, 0.6) is 0 Å². The molecule has 4 nitrogen and oxygen atoms in total. The average molecular weight is 135 g/mol. The van der Waals surface area contributed by atoms with Gasteiger partial charge in [-0.3, -0.25) is 0 Å². The summed E-state index contributed by atoms with van der Waals surface area (Å²) in [6.07, 6.45) is 0. The molecule has 40 valence electrons. The van der Waals surface area contributed by atoms with E-state index in [9.17, 15) is 0 Å². The third-order valence-corrected chi connectivity index (χ3v) is 0. The molecule has 0 aromatic rings. The van der Waals surface area contributed by atoms with Gasteiger partial charge in [-0.05, 0) is 0 Å². The summed E-state index contributed by atoms with van der Waals surface area (Å²) in [7, 11) is -4.39. The Bertz CT molecular complexity index is 23.0. The molecule has 0 saturated heterocycles. The van der Waals surface area contributed by atoms with Crippen LogP contribution < -0.4 is 0 Å². The Morgan fingerprint density at radius 2 is 0.833 bits per heavy atom. The van der Waals surface area contributed by atoms with Gasteiger partial charge in [-0.15, -0.1) is 12.4 Å². The molecule has 0 aromatic heterocycles. The fraction of sp³-hybridized carbons (Fsp3) is 0. The van der Waals surface area contributed by atoms with E-state index < -0.39 is 8.17 Å². The molecule has 0 heterocycles. The molecule has 0 unspecified atom stereocenters. The first-order chi connectivity index (χ1) is 2.00. The van der Waals surface area contributed by atoms with E-state index in [-0.39, 0.29) is 12.4 Å². The van der Waals surface area contributed by atoms with Crippen LogP contribution in [-0.2, 0) is 0 Å². The number of hydrogen-bond donors (Lipinski definition) is 4. The Balaban J connectivity index is 0. The van der Waals surface area contributed by atoms with Gasteiger partial charge in [0, 0.05) is 0 Å². The quantitative estimate of drug-likeness (QED) is 0.323. The van der Waals surface area contributed by atoms with E-state index in [0.29, 0.717) is 0 Å². The van der Waals surface area contributed by atoms with Crippen LogP contribution >= 0.6 is 20.6 Å². The van der Waals surface area contributed by atoms with Crippen LogP contribution in [0.15, 0.2) is 0 Å². The predicted molar refractivity (Wildman–Crippen MR) is 23.0 cm³/mol. The Kier molecular flexibility index (Phi) is 4.37. The lowest BCUT2D eigenvalue weighted by Crippen LogP contribution is -1.79. The van der Waals surface area contributed by atoms with Crippen molar-refractivity contribution in [2.45, 2.75) is 0 Å². The third-order valence-electron chi connectivity index (χ3n) is 0. The molecule has 0 saturated carbocycles. The highest BCUT2D eigenvalue weighted by Crippen LogP contribution is 2.37. The smallest absolute Gasteiger partial charge is 0.168 e. The lowest BCUT2D eigenvalue weighted by molar-refractivity contribution is 0.229. The van der Waals surface area contributed by atoms with E-state index in [4.69, 9.17) is 19.6 Å². The molecule has 6 heavy (non-hydrogen) atoms. The summed E-state index contributed by atoms with van der Waals surface area (Å²) in [5.41, 5.74) is 0. The van der Waals surface area contributed by atoms with Crippen molar-refractivity contribution >= 4 is 20.6 Å². The van der Waals surface area contributed by atoms with Crippen LogP contribution in [0.2, 0.25) is 0 Å². The van der Waals surface area contributed by atoms with Gasteiger partial charge in [0.25, 0.3) is 0 Å². The van der Waals surface area contributed by atoms with Crippen molar-refractivity contribution in [2.75, 3.05) is 0 Å². The SMILES string of the molecule is Cl.O[P+](O)(O)O. The maximum Gasteiger partial charge on any atom is 0.564 e. The maximum atomic E-state index is 7.30. The zero-order valence-electron chi connectivity index (χ0n) is 2.64. The van der Waals surface area contributed by atoms with Crippen LogP contribution in [-0.4, -0.2) is 19.6 Å². The Hall–Kier alpha value is 0.560. The van der Waals surface area contributed by atoms with Crippen LogP contribution in [0, 0.1) is 0 Å². The molecule has 0 atom stereocenters. The highest BCUT2D eigenvalue weighted by Gasteiger charge is 2.23. The minimum atomic E-state index is -4.39. The van der Waals surface area contributed by atoms with Gasteiger partial charge < -0.3 is 0 Å². The van der Waals surface area contributed by atoms with Gasteiger partial charge in [0.05, 0.1) is 0 Å². The van der Waals surface area contributed by atoms with Crippen molar-refractivity contribution < 1.29 is 19.6 Å². The lowest BCUT2D eigenvalue weighted by atomic mass is 15.7. The number of halogens is 1. The van der Waals surface area contributed by atoms with Crippen molar-refractivity contribution in [3.05, 3.63) is 0 Å². The molecule has 0 spiro atoms. The fourth-order valence-electron chi connectivity index (χ4n) is 0. The first-order valence-electron chi connectivity index (χ1n) is 0.800. The Morgan fingerprint density at radius 1 is 0.833 bits per heavy atom. The first kappa shape index (κ1) is 9.75. The molecule has 0 rings (SSSR count). The summed E-state index contributed by atoms with van der Waals surface area (Å²) in [6, 6.07) is 0. The molecule has 6 heteroatoms. The van der Waals surface area contributed by atoms with E-state index in [1.165, 1.54) is 0 Å². The van der Waals surface area contributed by atoms with E-state index in [1.807, 2.05) is 0 Å². The summed E-state index contributed by atoms with van der Waals surface area (Å²) < 4.78 is 0. The largest absolute Gasteiger partial charge is 0.564 e. The summed E-state index contributed by atoms with van der Waals surface area (Å²) in [5.74, 6) is 0. The topological polar surface area (TPSA) is 80.9 Å². The van der Waals surface area contributed by atoms with Gasteiger partial charge in [-0.1, -0.05) is 0 Å². The molecule has 0 aliphatic heterocycles. The van der Waals surface area contributed by atoms with Gasteiger partial charge >= 0.3 is 8.17 Å². The monoisotopic (exact) mass is 135 g/mol. The predicted octanol–water partition coefficient (Wildman–Crippen LogP) is -0.945. The summed E-state index contributed by atoms with van der Waals surface area (Å²) in [4.78, 5) is 29.2. The van der Waals surface area contributed by atoms with Crippen LogP contribution in [0.4, 0.5) is 0 Å². The van der Waals surface area contributed by atoms with Crippen molar-refractivity contribution in [3.8, 4) is 0 Å². The molecular formula is H5ClO4P+. The third kappa shape index (κ3) is 184. The van der Waals surface area contributed by atoms with Gasteiger partial charge in [0.15, 0.2) is 0 Å². The summed E-state index contributed by atoms with van der Waals surface area (Å²) >= 11 is 0. The van der Waals surface area contributed by atoms with E-state index in [0.717, 1.165) is 0 Å². The minimum Gasteiger partial charge on any atom is -0.168 e. The molecule has 0 aliphatic carbocycles. The Labute approximate surface area is 41.1 Å². The first-order valence-corrected chi connectivity index (χ1v) is 2.40. The van der Waals surface area contributed by atoms with Gasteiger partial charge in [0.2, 0.25) is 0 Å². The molecule has 0 aromatic carbocycles. The van der Waals surface area contributed by atoms with Crippen molar-refractivity contribution in [3.63, 3.8) is 0 Å². The summed E-state index contributed by atoms with van der Waals surface area (Å²) in [5, 5.41) is 0. The lowest BCUT2D eigenvalue weighted by Gasteiger charge is -1.83. The molecule has 0 bridgehead atoms. The van der Waals surface area contributed by atoms with Gasteiger partial charge in [-0.25, -0.2) is 0 Å². The second kappa shape index (κ2) is 2.69. The van der Waals surface area contributed by atoms with Crippen molar-refractivity contribution in [1.82, 2.24) is 0 Å². The van der Waals surface area contributed by atoms with Gasteiger partial charge in [-0.2, -0.15) is 19.6 Å². The van der Waals surface area contributed by atoms with Crippen LogP contribution in [0.25, 0.3) is 0 Å². The highest BCUT2D eigenvalue weighted by atomic mass is 35.5. The van der Waals surface area contributed by atoms with E-state index >= 15 is 0 Å². The maximum absolute atomic E-state index is 7.30. The molecule has 0 amide bonds. The molecule has 0 fully saturated rings. The number of hydrogen-bond acceptors (Lipinski definition) is 4. The molecule has 0 aliphatic rings. The van der Waals surface area contributed by atoms with Crippen molar-refractivity contribution in [1.29, 1.82) is 0 Å². The van der Waals surface area contributed by atoms with Crippen molar-refractivity contribution in [2.24, 2.45) is 0 Å². The summed E-state index contributed by atoms with van der Waals surface area (Å²) in [6.45, 7) is 0. The minimum absolute atomic E-state index is 0. The second-order valence-electron chi connectivity index (χ2n) is 0.537. The Morgan fingerprint density at radius 3 is 0.833 bits per heavy atom. The second-order valence-corrected chi connectivity index (χ2v) is 1.61. The standard InChI is InChI=1S/ClH.H4O4P/c;1-5(2,3)4/h1H;1-4H/q;+1. The van der Waals surface area contributed by atoms with E-state index in [1.54, 1.807) is 0 Å². The molecule has 0 radical (unpaired) electrons. The van der Waals surface area contributed by atoms with Crippen LogP contribution in [0.1, 0.15) is 0 Å². The van der Waals surface area contributed by atoms with E-state index in [2.05, 4.69) is 0 Å². The zero-order valence-corrected chi connectivity index (χ0v) is 4.36. The number of rotatable bonds is 0.